The summed E-state index contributed by atoms with van der Waals surface area (Å²) in [5.74, 6) is -0.143. The lowest BCUT2D eigenvalue weighted by Gasteiger charge is -2.17. The topological polar surface area (TPSA) is 12.4 Å². The molecule has 0 saturated heterocycles. The summed E-state index contributed by atoms with van der Waals surface area (Å²) in [4.78, 5) is 3.98. The second-order valence-electron chi connectivity index (χ2n) is 4.26. The third kappa shape index (κ3) is 1.84. The van der Waals surface area contributed by atoms with Gasteiger partial charge in [0.25, 0.3) is 0 Å². The van der Waals surface area contributed by atoms with E-state index in [4.69, 9.17) is 0 Å². The van der Waals surface area contributed by atoms with E-state index in [2.05, 4.69) is 4.99 Å². The summed E-state index contributed by atoms with van der Waals surface area (Å²) in [5, 5.41) is 0. The van der Waals surface area contributed by atoms with E-state index in [0.717, 1.165) is 5.56 Å². The molecule has 1 aromatic rings. The maximum Gasteiger partial charge on any atom is 0.416 e. The molecule has 1 aromatic carbocycles. The van der Waals surface area contributed by atoms with Gasteiger partial charge in [0.05, 0.1) is 12.1 Å². The second kappa shape index (κ2) is 3.61. The zero-order chi connectivity index (χ0) is 11.9. The summed E-state index contributed by atoms with van der Waals surface area (Å²) in [7, 11) is 0. The predicted molar refractivity (Wildman–Crippen MR) is 56.8 cm³/mol. The molecule has 0 N–H and O–H groups in total. The molecule has 0 amide bonds. The van der Waals surface area contributed by atoms with Gasteiger partial charge in [-0.05, 0) is 34.7 Å². The highest BCUT2D eigenvalue weighted by Crippen LogP contribution is 2.37. The Labute approximate surface area is 92.0 Å². The molecule has 1 aliphatic rings. The SMILES string of the molecule is CC(C)c1cc2c(cc1C(F)(F)F)CN=C2. The van der Waals surface area contributed by atoms with Gasteiger partial charge in [0, 0.05) is 6.21 Å². The largest absolute Gasteiger partial charge is 0.416 e. The van der Waals surface area contributed by atoms with Gasteiger partial charge in [0.15, 0.2) is 0 Å². The first-order valence-electron chi connectivity index (χ1n) is 5.13. The average molecular weight is 227 g/mol. The molecule has 0 bridgehead atoms. The van der Waals surface area contributed by atoms with Crippen molar-refractivity contribution >= 4 is 6.21 Å². The quantitative estimate of drug-likeness (QED) is 0.692. The number of aliphatic imine (C=N–C) groups is 1. The highest BCUT2D eigenvalue weighted by Gasteiger charge is 2.35. The van der Waals surface area contributed by atoms with E-state index < -0.39 is 11.7 Å². The van der Waals surface area contributed by atoms with E-state index in [0.29, 0.717) is 17.7 Å². The van der Waals surface area contributed by atoms with Gasteiger partial charge in [-0.25, -0.2) is 0 Å². The molecule has 0 aromatic heterocycles. The van der Waals surface area contributed by atoms with Crippen LogP contribution in [-0.2, 0) is 12.7 Å². The van der Waals surface area contributed by atoms with Crippen molar-refractivity contribution in [2.45, 2.75) is 32.5 Å². The molecule has 0 unspecified atom stereocenters. The predicted octanol–water partition coefficient (Wildman–Crippen LogP) is 3.76. The molecule has 1 aliphatic heterocycles. The Hall–Kier alpha value is -1.32. The van der Waals surface area contributed by atoms with Crippen molar-refractivity contribution in [2.24, 2.45) is 4.99 Å². The first kappa shape index (κ1) is 11.2. The van der Waals surface area contributed by atoms with Gasteiger partial charge in [-0.2, -0.15) is 13.2 Å². The lowest BCUT2D eigenvalue weighted by molar-refractivity contribution is -0.138. The monoisotopic (exact) mass is 227 g/mol. The Morgan fingerprint density at radius 3 is 2.50 bits per heavy atom. The third-order valence-electron chi connectivity index (χ3n) is 2.73. The number of rotatable bonds is 1. The summed E-state index contributed by atoms with van der Waals surface area (Å²) in [6.45, 7) is 3.89. The standard InChI is InChI=1S/C12H12F3N/c1-7(2)10-3-8-5-16-6-9(8)4-11(10)12(13,14)15/h3-5,7H,6H2,1-2H3. The molecule has 1 heterocycles. The lowest BCUT2D eigenvalue weighted by Crippen LogP contribution is -2.11. The van der Waals surface area contributed by atoms with Crippen molar-refractivity contribution in [2.75, 3.05) is 0 Å². The first-order valence-corrected chi connectivity index (χ1v) is 5.13. The van der Waals surface area contributed by atoms with Crippen molar-refractivity contribution in [3.8, 4) is 0 Å². The van der Waals surface area contributed by atoms with Crippen LogP contribution in [0.15, 0.2) is 17.1 Å². The Bertz CT molecular complexity index is 444. The van der Waals surface area contributed by atoms with Crippen molar-refractivity contribution < 1.29 is 13.2 Å². The summed E-state index contributed by atoms with van der Waals surface area (Å²) >= 11 is 0. The number of hydrogen-bond donors (Lipinski definition) is 0. The fraction of sp³-hybridized carbons (Fsp3) is 0.417. The van der Waals surface area contributed by atoms with Crippen LogP contribution in [0.1, 0.15) is 42.0 Å². The molecule has 16 heavy (non-hydrogen) atoms. The van der Waals surface area contributed by atoms with E-state index in [9.17, 15) is 13.2 Å². The number of nitrogens with zero attached hydrogens (tertiary/aromatic N) is 1. The van der Waals surface area contributed by atoms with Crippen LogP contribution in [0.3, 0.4) is 0 Å². The number of halogens is 3. The molecule has 0 aliphatic carbocycles. The molecule has 2 rings (SSSR count). The van der Waals surface area contributed by atoms with Crippen molar-refractivity contribution in [1.82, 2.24) is 0 Å². The maximum absolute atomic E-state index is 12.8. The van der Waals surface area contributed by atoms with Crippen LogP contribution in [0.4, 0.5) is 13.2 Å². The highest BCUT2D eigenvalue weighted by molar-refractivity contribution is 5.85. The van der Waals surface area contributed by atoms with Crippen molar-refractivity contribution in [1.29, 1.82) is 0 Å². The van der Waals surface area contributed by atoms with Crippen molar-refractivity contribution in [3.63, 3.8) is 0 Å². The molecule has 4 heteroatoms. The van der Waals surface area contributed by atoms with Crippen LogP contribution in [0.25, 0.3) is 0 Å². The van der Waals surface area contributed by atoms with Gasteiger partial charge in [-0.15, -0.1) is 0 Å². The van der Waals surface area contributed by atoms with Crippen LogP contribution in [0.5, 0.6) is 0 Å². The van der Waals surface area contributed by atoms with Gasteiger partial charge in [0.1, 0.15) is 0 Å². The average Bonchev–Trinajstić information content (AvgIpc) is 2.60. The number of hydrogen-bond acceptors (Lipinski definition) is 1. The summed E-state index contributed by atoms with van der Waals surface area (Å²) in [6.07, 6.45) is -2.64. The third-order valence-corrected chi connectivity index (χ3v) is 2.73. The minimum atomic E-state index is -4.28. The summed E-state index contributed by atoms with van der Waals surface area (Å²) in [6, 6.07) is 2.84. The lowest BCUT2D eigenvalue weighted by atomic mass is 9.92. The highest BCUT2D eigenvalue weighted by atomic mass is 19.4. The van der Waals surface area contributed by atoms with Gasteiger partial charge < -0.3 is 0 Å². The molecule has 0 radical (unpaired) electrons. The Kier molecular flexibility index (Phi) is 2.52. The number of alkyl halides is 3. The zero-order valence-electron chi connectivity index (χ0n) is 9.10. The van der Waals surface area contributed by atoms with Crippen LogP contribution in [-0.4, -0.2) is 6.21 Å². The van der Waals surface area contributed by atoms with Gasteiger partial charge in [-0.3, -0.25) is 4.99 Å². The van der Waals surface area contributed by atoms with Gasteiger partial charge >= 0.3 is 6.18 Å². The van der Waals surface area contributed by atoms with E-state index in [1.807, 2.05) is 0 Å². The van der Waals surface area contributed by atoms with E-state index in [1.54, 1.807) is 26.1 Å². The summed E-state index contributed by atoms with van der Waals surface area (Å²) in [5.41, 5.74) is 1.31. The molecule has 0 fully saturated rings. The molecule has 86 valence electrons. The normalized spacial score (nSPS) is 14.6. The van der Waals surface area contributed by atoms with Crippen LogP contribution >= 0.6 is 0 Å². The van der Waals surface area contributed by atoms with Crippen LogP contribution in [0.2, 0.25) is 0 Å². The van der Waals surface area contributed by atoms with Gasteiger partial charge in [-0.1, -0.05) is 13.8 Å². The van der Waals surface area contributed by atoms with E-state index in [-0.39, 0.29) is 5.92 Å². The minimum Gasteiger partial charge on any atom is -0.288 e. The number of benzene rings is 1. The first-order chi connectivity index (χ1) is 7.39. The Morgan fingerprint density at radius 1 is 1.25 bits per heavy atom. The molecule has 1 nitrogen and oxygen atoms in total. The Morgan fingerprint density at radius 2 is 1.94 bits per heavy atom. The maximum atomic E-state index is 12.8. The van der Waals surface area contributed by atoms with E-state index in [1.165, 1.54) is 6.07 Å². The fourth-order valence-electron chi connectivity index (χ4n) is 1.90. The zero-order valence-corrected chi connectivity index (χ0v) is 9.10. The molecule has 0 atom stereocenters. The van der Waals surface area contributed by atoms with Crippen LogP contribution < -0.4 is 0 Å². The fourth-order valence-corrected chi connectivity index (χ4v) is 1.90. The Balaban J connectivity index is 2.60. The number of fused-ring (bicyclic) bond motifs is 1. The second-order valence-corrected chi connectivity index (χ2v) is 4.26. The minimum absolute atomic E-state index is 0.143. The van der Waals surface area contributed by atoms with E-state index >= 15 is 0 Å². The molecular weight excluding hydrogens is 215 g/mol. The van der Waals surface area contributed by atoms with Crippen LogP contribution in [0, 0.1) is 0 Å². The van der Waals surface area contributed by atoms with Gasteiger partial charge in [0.2, 0.25) is 0 Å². The summed E-state index contributed by atoms with van der Waals surface area (Å²) < 4.78 is 38.5. The van der Waals surface area contributed by atoms with Crippen molar-refractivity contribution in [3.05, 3.63) is 34.4 Å². The molecule has 0 spiro atoms. The molecule has 0 saturated carbocycles. The molecular formula is C12H12F3N. The smallest absolute Gasteiger partial charge is 0.288 e.